The van der Waals surface area contributed by atoms with Gasteiger partial charge in [-0.3, -0.25) is 0 Å². The molecule has 0 unspecified atom stereocenters. The smallest absolute Gasteiger partial charge is 0.292 e. The number of hydrogen-bond acceptors (Lipinski definition) is 2. The first-order chi connectivity index (χ1) is 9.58. The Labute approximate surface area is 120 Å². The van der Waals surface area contributed by atoms with E-state index in [1.807, 2.05) is 24.3 Å². The van der Waals surface area contributed by atoms with Gasteiger partial charge in [-0.1, -0.05) is 57.2 Å². The highest BCUT2D eigenvalue weighted by atomic mass is 16.5. The Morgan fingerprint density at radius 2 is 1.70 bits per heavy atom. The summed E-state index contributed by atoms with van der Waals surface area (Å²) in [5, 5.41) is 8.52. The Kier molecular flexibility index (Phi) is 4.10. The average Bonchev–Trinajstić information content (AvgIpc) is 2.48. The van der Waals surface area contributed by atoms with Crippen molar-refractivity contribution in [3.63, 3.8) is 0 Å². The minimum atomic E-state index is 0.137. The molecule has 0 fully saturated rings. The van der Waals surface area contributed by atoms with Crippen LogP contribution in [0.4, 0.5) is 0 Å². The monoisotopic (exact) mass is 265 g/mol. The van der Waals surface area contributed by atoms with Gasteiger partial charge in [0.05, 0.1) is 0 Å². The third kappa shape index (κ3) is 2.83. The van der Waals surface area contributed by atoms with Gasteiger partial charge in [0, 0.05) is 0 Å². The van der Waals surface area contributed by atoms with Gasteiger partial charge < -0.3 is 4.74 Å². The molecule has 0 heterocycles. The van der Waals surface area contributed by atoms with Gasteiger partial charge in [0.15, 0.2) is 0 Å². The van der Waals surface area contributed by atoms with Gasteiger partial charge in [-0.15, -0.1) is 5.26 Å². The fraction of sp³-hybridized carbons (Fsp3) is 0.278. The number of nitriles is 1. The molecule has 0 bridgehead atoms. The Morgan fingerprint density at radius 1 is 1.05 bits per heavy atom. The number of benzene rings is 2. The zero-order chi connectivity index (χ0) is 14.6. The number of rotatable bonds is 4. The van der Waals surface area contributed by atoms with E-state index in [4.69, 9.17) is 10.00 Å². The van der Waals surface area contributed by atoms with Crippen LogP contribution in [0, 0.1) is 11.5 Å². The number of nitrogens with zero attached hydrogens (tertiary/aromatic N) is 1. The summed E-state index contributed by atoms with van der Waals surface area (Å²) in [5.41, 5.74) is 3.87. The average molecular weight is 265 g/mol. The SMILES string of the molecule is CCC(C)(C)c1ccccc1-c1ccc(OC#N)cc1. The minimum Gasteiger partial charge on any atom is -0.388 e. The molecule has 0 N–H and O–H groups in total. The normalized spacial score (nSPS) is 10.9. The summed E-state index contributed by atoms with van der Waals surface area (Å²) in [6.07, 6.45) is 2.77. The van der Waals surface area contributed by atoms with Crippen molar-refractivity contribution >= 4 is 0 Å². The first kappa shape index (κ1) is 14.1. The summed E-state index contributed by atoms with van der Waals surface area (Å²) in [4.78, 5) is 0. The Hall–Kier alpha value is -2.27. The number of ether oxygens (including phenoxy) is 1. The molecule has 0 atom stereocenters. The highest BCUT2D eigenvalue weighted by Gasteiger charge is 2.21. The van der Waals surface area contributed by atoms with Gasteiger partial charge in [0.25, 0.3) is 6.26 Å². The molecule has 0 aliphatic heterocycles. The van der Waals surface area contributed by atoms with Crippen LogP contribution in [0.5, 0.6) is 5.75 Å². The Balaban J connectivity index is 2.45. The second kappa shape index (κ2) is 5.79. The molecule has 0 saturated heterocycles. The maximum atomic E-state index is 8.52. The van der Waals surface area contributed by atoms with E-state index in [0.717, 1.165) is 12.0 Å². The zero-order valence-corrected chi connectivity index (χ0v) is 12.2. The quantitative estimate of drug-likeness (QED) is 0.736. The molecule has 0 saturated carbocycles. The molecule has 0 radical (unpaired) electrons. The molecule has 0 aromatic heterocycles. The summed E-state index contributed by atoms with van der Waals surface area (Å²) in [7, 11) is 0. The van der Waals surface area contributed by atoms with E-state index in [0.29, 0.717) is 5.75 Å². The fourth-order valence-electron chi connectivity index (χ4n) is 2.27. The van der Waals surface area contributed by atoms with E-state index in [9.17, 15) is 0 Å². The van der Waals surface area contributed by atoms with Gasteiger partial charge in [-0.05, 0) is 40.7 Å². The van der Waals surface area contributed by atoms with Crippen LogP contribution in [0.25, 0.3) is 11.1 Å². The predicted molar refractivity (Wildman–Crippen MR) is 81.4 cm³/mol. The second-order valence-corrected chi connectivity index (χ2v) is 5.50. The van der Waals surface area contributed by atoms with Crippen LogP contribution >= 0.6 is 0 Å². The summed E-state index contributed by atoms with van der Waals surface area (Å²) in [6, 6.07) is 16.1. The fourth-order valence-corrected chi connectivity index (χ4v) is 2.27. The molecule has 0 aliphatic rings. The lowest BCUT2D eigenvalue weighted by Crippen LogP contribution is -2.16. The van der Waals surface area contributed by atoms with Crippen molar-refractivity contribution in [2.24, 2.45) is 0 Å². The van der Waals surface area contributed by atoms with E-state index in [-0.39, 0.29) is 5.41 Å². The summed E-state index contributed by atoms with van der Waals surface area (Å²) in [5.74, 6) is 0.573. The molecule has 0 amide bonds. The lowest BCUT2D eigenvalue weighted by atomic mass is 9.78. The van der Waals surface area contributed by atoms with Crippen molar-refractivity contribution in [1.82, 2.24) is 0 Å². The third-order valence-corrected chi connectivity index (χ3v) is 3.87. The van der Waals surface area contributed by atoms with Crippen LogP contribution in [0.2, 0.25) is 0 Å². The molecule has 2 aromatic carbocycles. The molecular formula is C18H19NO. The number of hydrogen-bond donors (Lipinski definition) is 0. The molecule has 102 valence electrons. The molecule has 20 heavy (non-hydrogen) atoms. The molecule has 2 nitrogen and oxygen atoms in total. The van der Waals surface area contributed by atoms with Crippen LogP contribution in [-0.2, 0) is 5.41 Å². The Bertz CT molecular complexity index is 621. The molecule has 0 spiro atoms. The van der Waals surface area contributed by atoms with Crippen LogP contribution < -0.4 is 4.74 Å². The first-order valence-corrected chi connectivity index (χ1v) is 6.84. The maximum absolute atomic E-state index is 8.52. The predicted octanol–water partition coefficient (Wildman–Crippen LogP) is 4.90. The summed E-state index contributed by atoms with van der Waals surface area (Å²) in [6.45, 7) is 6.73. The molecular weight excluding hydrogens is 246 g/mol. The lowest BCUT2D eigenvalue weighted by Gasteiger charge is -2.26. The van der Waals surface area contributed by atoms with Crippen molar-refractivity contribution in [3.8, 4) is 23.1 Å². The second-order valence-electron chi connectivity index (χ2n) is 5.50. The van der Waals surface area contributed by atoms with Gasteiger partial charge in [-0.25, -0.2) is 0 Å². The highest BCUT2D eigenvalue weighted by Crippen LogP contribution is 2.35. The maximum Gasteiger partial charge on any atom is 0.292 e. The van der Waals surface area contributed by atoms with Gasteiger partial charge in [0.2, 0.25) is 0 Å². The summed E-state index contributed by atoms with van der Waals surface area (Å²) >= 11 is 0. The zero-order valence-electron chi connectivity index (χ0n) is 12.2. The molecule has 2 aromatic rings. The lowest BCUT2D eigenvalue weighted by molar-refractivity contribution is 0.506. The van der Waals surface area contributed by atoms with E-state index in [1.165, 1.54) is 11.1 Å². The van der Waals surface area contributed by atoms with Crippen molar-refractivity contribution < 1.29 is 4.74 Å². The van der Waals surface area contributed by atoms with Crippen LogP contribution in [0.3, 0.4) is 0 Å². The van der Waals surface area contributed by atoms with E-state index in [2.05, 4.69) is 45.0 Å². The highest BCUT2D eigenvalue weighted by molar-refractivity contribution is 5.69. The third-order valence-electron chi connectivity index (χ3n) is 3.87. The molecule has 2 heteroatoms. The van der Waals surface area contributed by atoms with Crippen molar-refractivity contribution in [2.45, 2.75) is 32.6 Å². The Morgan fingerprint density at radius 3 is 2.30 bits per heavy atom. The van der Waals surface area contributed by atoms with Crippen molar-refractivity contribution in [3.05, 3.63) is 54.1 Å². The minimum absolute atomic E-state index is 0.137. The first-order valence-electron chi connectivity index (χ1n) is 6.84. The summed E-state index contributed by atoms with van der Waals surface area (Å²) < 4.78 is 4.82. The van der Waals surface area contributed by atoms with Gasteiger partial charge >= 0.3 is 0 Å². The topological polar surface area (TPSA) is 33.0 Å². The van der Waals surface area contributed by atoms with Crippen LogP contribution in [0.1, 0.15) is 32.8 Å². The van der Waals surface area contributed by atoms with E-state index >= 15 is 0 Å². The van der Waals surface area contributed by atoms with E-state index in [1.54, 1.807) is 6.26 Å². The molecule has 0 aliphatic carbocycles. The van der Waals surface area contributed by atoms with Gasteiger partial charge in [0.1, 0.15) is 5.75 Å². The van der Waals surface area contributed by atoms with Crippen molar-refractivity contribution in [1.29, 1.82) is 5.26 Å². The largest absolute Gasteiger partial charge is 0.388 e. The van der Waals surface area contributed by atoms with Crippen LogP contribution in [-0.4, -0.2) is 0 Å². The van der Waals surface area contributed by atoms with E-state index < -0.39 is 0 Å². The van der Waals surface area contributed by atoms with Gasteiger partial charge in [-0.2, -0.15) is 0 Å². The van der Waals surface area contributed by atoms with Crippen molar-refractivity contribution in [2.75, 3.05) is 0 Å². The molecule has 2 rings (SSSR count). The van der Waals surface area contributed by atoms with Crippen LogP contribution in [0.15, 0.2) is 48.5 Å². The standard InChI is InChI=1S/C18H19NO/c1-4-18(2,3)17-8-6-5-7-16(17)14-9-11-15(12-10-14)20-13-19/h5-12H,4H2,1-3H3.